The number of aromatic nitrogens is 5. The summed E-state index contributed by atoms with van der Waals surface area (Å²) in [5.41, 5.74) is 12.2. The molecule has 0 aliphatic rings. The van der Waals surface area contributed by atoms with Crippen molar-refractivity contribution in [1.82, 2.24) is 23.5 Å². The molecule has 63 heavy (non-hydrogen) atoms. The van der Waals surface area contributed by atoms with Crippen LogP contribution in [0.3, 0.4) is 0 Å². The van der Waals surface area contributed by atoms with Gasteiger partial charge in [-0.3, -0.25) is 4.57 Å². The van der Waals surface area contributed by atoms with E-state index in [1.165, 1.54) is 86.7 Å². The van der Waals surface area contributed by atoms with Crippen molar-refractivity contribution in [2.45, 2.75) is 0 Å². The van der Waals surface area contributed by atoms with E-state index in [1.54, 1.807) is 0 Å². The molecule has 0 fully saturated rings. The third-order valence-electron chi connectivity index (χ3n) is 13.7. The van der Waals surface area contributed by atoms with E-state index in [0.717, 1.165) is 44.4 Å². The first-order valence-electron chi connectivity index (χ1n) is 21.6. The zero-order chi connectivity index (χ0) is 40.9. The molecule has 0 atom stereocenters. The number of para-hydroxylation sites is 4. The van der Waals surface area contributed by atoms with Gasteiger partial charge >= 0.3 is 0 Å². The van der Waals surface area contributed by atoms with E-state index in [2.05, 4.69) is 214 Å². The molecule has 0 saturated carbocycles. The van der Waals surface area contributed by atoms with Crippen LogP contribution in [0.25, 0.3) is 137 Å². The molecule has 15 aromatic rings. The van der Waals surface area contributed by atoms with E-state index in [9.17, 15) is 0 Å². The normalized spacial score (nSPS) is 12.4. The fourth-order valence-electron chi connectivity index (χ4n) is 11.1. The molecule has 0 spiro atoms. The topological polar surface area (TPSA) is 40.0 Å². The van der Waals surface area contributed by atoms with Crippen molar-refractivity contribution in [1.29, 1.82) is 0 Å². The smallest absolute Gasteiger partial charge is 0.235 e. The molecule has 0 aliphatic carbocycles. The summed E-state index contributed by atoms with van der Waals surface area (Å²) < 4.78 is 7.25. The van der Waals surface area contributed by atoms with E-state index < -0.39 is 0 Å². The molecule has 5 heteroatoms. The van der Waals surface area contributed by atoms with Gasteiger partial charge in [0.2, 0.25) is 5.95 Å². The fourth-order valence-corrected chi connectivity index (χ4v) is 11.1. The van der Waals surface area contributed by atoms with Crippen LogP contribution in [-0.2, 0) is 0 Å². The molecule has 290 valence electrons. The Hall–Kier alpha value is -8.54. The second kappa shape index (κ2) is 12.1. The maximum Gasteiger partial charge on any atom is 0.235 e. The van der Waals surface area contributed by atoms with Crippen LogP contribution < -0.4 is 0 Å². The average molecular weight is 800 g/mol. The average Bonchev–Trinajstić information content (AvgIpc) is 4.07. The molecular weight excluding hydrogens is 767 g/mol. The maximum atomic E-state index is 5.71. The van der Waals surface area contributed by atoms with Gasteiger partial charge in [-0.05, 0) is 76.8 Å². The quantitative estimate of drug-likeness (QED) is 0.179. The molecule has 0 radical (unpaired) electrons. The monoisotopic (exact) mass is 799 g/mol. The second-order valence-electron chi connectivity index (χ2n) is 16.9. The van der Waals surface area contributed by atoms with Gasteiger partial charge in [0, 0.05) is 65.1 Å². The molecule has 5 aromatic heterocycles. The summed E-state index contributed by atoms with van der Waals surface area (Å²) >= 11 is 0. The molecule has 0 saturated heterocycles. The number of benzene rings is 10. The first-order valence-corrected chi connectivity index (χ1v) is 21.6. The van der Waals surface area contributed by atoms with E-state index in [-0.39, 0.29) is 0 Å². The molecule has 5 nitrogen and oxygen atoms in total. The van der Waals surface area contributed by atoms with E-state index in [4.69, 9.17) is 9.97 Å². The number of nitrogens with zero attached hydrogens (tertiary/aromatic N) is 5. The Morgan fingerprint density at radius 1 is 0.317 bits per heavy atom. The highest BCUT2D eigenvalue weighted by Gasteiger charge is 2.27. The Morgan fingerprint density at radius 3 is 1.79 bits per heavy atom. The summed E-state index contributed by atoms with van der Waals surface area (Å²) in [6.45, 7) is 0. The molecule has 0 N–H and O–H groups in total. The number of hydrogen-bond donors (Lipinski definition) is 0. The van der Waals surface area contributed by atoms with Crippen molar-refractivity contribution in [2.75, 3.05) is 0 Å². The molecule has 10 aromatic carbocycles. The van der Waals surface area contributed by atoms with Crippen LogP contribution in [0.5, 0.6) is 0 Å². The van der Waals surface area contributed by atoms with Crippen LogP contribution in [0.15, 0.2) is 200 Å². The number of rotatable bonds is 3. The summed E-state index contributed by atoms with van der Waals surface area (Å²) in [6, 6.07) is 72.8. The third-order valence-corrected chi connectivity index (χ3v) is 13.7. The minimum atomic E-state index is 0.651. The van der Waals surface area contributed by atoms with Crippen molar-refractivity contribution in [3.8, 4) is 22.9 Å². The lowest BCUT2D eigenvalue weighted by Crippen LogP contribution is -2.04. The van der Waals surface area contributed by atoms with Gasteiger partial charge in [0.15, 0.2) is 0 Å². The largest absolute Gasteiger partial charge is 0.309 e. The predicted octanol–water partition coefficient (Wildman–Crippen LogP) is 14.9. The third kappa shape index (κ3) is 4.35. The van der Waals surface area contributed by atoms with Crippen molar-refractivity contribution in [3.05, 3.63) is 200 Å². The summed E-state index contributed by atoms with van der Waals surface area (Å²) in [4.78, 5) is 11.2. The Morgan fingerprint density at radius 2 is 0.952 bits per heavy atom. The standard InChI is InChI=1S/C58H33N5/c1-2-17-38(18-3-1)61-49-24-12-9-20-40(49)44-31-37(27-29-51(44)61)54-42-22-8-11-23-48(42)59-58(60-54)63-52-32-36-16-5-4-15-35(36)30-45(52)47-33-46-41-21-10-13-25-50(41)62-55-39-19-7-6-14-34(39)26-28-43(55)53(56(46)62)57(47)63/h1-33H. The summed E-state index contributed by atoms with van der Waals surface area (Å²) in [6.07, 6.45) is 0. The Balaban J connectivity index is 1.11. The Kier molecular flexibility index (Phi) is 6.36. The highest BCUT2D eigenvalue weighted by atomic mass is 15.2. The van der Waals surface area contributed by atoms with Crippen molar-refractivity contribution >= 4 is 114 Å². The lowest BCUT2D eigenvalue weighted by molar-refractivity contribution is 1.02. The van der Waals surface area contributed by atoms with Gasteiger partial charge in [0.1, 0.15) is 0 Å². The SMILES string of the molecule is c1ccc(-n2c3ccccc3c3cc(-c4nc(-n5c6cc7ccccc7cc6c6cc7c8ccccc8n8c9c%10ccccc%10ccc9c(c65)c78)nc5ccccc45)ccc32)cc1. The minimum Gasteiger partial charge on any atom is -0.309 e. The predicted molar refractivity (Wildman–Crippen MR) is 263 cm³/mol. The molecule has 0 amide bonds. The zero-order valence-electron chi connectivity index (χ0n) is 33.8. The van der Waals surface area contributed by atoms with Gasteiger partial charge in [-0.2, -0.15) is 0 Å². The van der Waals surface area contributed by atoms with Crippen molar-refractivity contribution in [2.24, 2.45) is 0 Å². The first kappa shape index (κ1) is 33.2. The van der Waals surface area contributed by atoms with Gasteiger partial charge in [-0.15, -0.1) is 0 Å². The van der Waals surface area contributed by atoms with Gasteiger partial charge < -0.3 is 8.97 Å². The lowest BCUT2D eigenvalue weighted by atomic mass is 10.0. The van der Waals surface area contributed by atoms with E-state index >= 15 is 0 Å². The van der Waals surface area contributed by atoms with Gasteiger partial charge in [0.25, 0.3) is 0 Å². The van der Waals surface area contributed by atoms with Crippen LogP contribution in [0.4, 0.5) is 0 Å². The molecule has 0 unspecified atom stereocenters. The summed E-state index contributed by atoms with van der Waals surface area (Å²) in [5.74, 6) is 0.651. The van der Waals surface area contributed by atoms with Crippen LogP contribution in [0.2, 0.25) is 0 Å². The van der Waals surface area contributed by atoms with Crippen molar-refractivity contribution < 1.29 is 0 Å². The molecular formula is C58H33N5. The number of fused-ring (bicyclic) bond motifs is 17. The zero-order valence-corrected chi connectivity index (χ0v) is 33.8. The maximum absolute atomic E-state index is 5.71. The van der Waals surface area contributed by atoms with Crippen LogP contribution in [0, 0.1) is 0 Å². The number of hydrogen-bond acceptors (Lipinski definition) is 2. The summed E-state index contributed by atoms with van der Waals surface area (Å²) in [7, 11) is 0. The Labute approximate surface area is 359 Å². The second-order valence-corrected chi connectivity index (χ2v) is 16.9. The van der Waals surface area contributed by atoms with Gasteiger partial charge in [-0.25, -0.2) is 9.97 Å². The Bertz CT molecular complexity index is 4440. The first-order chi connectivity index (χ1) is 31.3. The molecule has 0 bridgehead atoms. The highest BCUT2D eigenvalue weighted by molar-refractivity contribution is 6.36. The molecule has 15 rings (SSSR count). The van der Waals surface area contributed by atoms with Gasteiger partial charge in [-0.1, -0.05) is 140 Å². The van der Waals surface area contributed by atoms with Gasteiger partial charge in [0.05, 0.1) is 49.8 Å². The molecule has 0 aliphatic heterocycles. The van der Waals surface area contributed by atoms with E-state index in [0.29, 0.717) is 5.95 Å². The fraction of sp³-hybridized carbons (Fsp3) is 0. The van der Waals surface area contributed by atoms with Crippen molar-refractivity contribution in [3.63, 3.8) is 0 Å². The minimum absolute atomic E-state index is 0.651. The van der Waals surface area contributed by atoms with Crippen LogP contribution in [-0.4, -0.2) is 23.5 Å². The highest BCUT2D eigenvalue weighted by Crippen LogP contribution is 2.48. The van der Waals surface area contributed by atoms with Crippen LogP contribution >= 0.6 is 0 Å². The summed E-state index contributed by atoms with van der Waals surface area (Å²) in [5, 5.41) is 15.6. The lowest BCUT2D eigenvalue weighted by Gasteiger charge is -2.13. The molecule has 5 heterocycles. The van der Waals surface area contributed by atoms with Crippen LogP contribution in [0.1, 0.15) is 0 Å². The van der Waals surface area contributed by atoms with E-state index in [1.807, 2.05) is 0 Å².